The molecule has 1 amide bonds. The van der Waals surface area contributed by atoms with Gasteiger partial charge in [0, 0.05) is 32.1 Å². The zero-order chi connectivity index (χ0) is 16.5. The maximum absolute atomic E-state index is 12.8. The Balaban J connectivity index is 1.93. The third-order valence-corrected chi connectivity index (χ3v) is 5.48. The summed E-state index contributed by atoms with van der Waals surface area (Å²) in [6, 6.07) is 0. The molecule has 2 aliphatic rings. The van der Waals surface area contributed by atoms with Crippen molar-refractivity contribution in [1.82, 2.24) is 9.21 Å². The van der Waals surface area contributed by atoms with Crippen LogP contribution < -0.4 is 5.14 Å². The number of carbonyl (C=O) groups excluding carboxylic acids is 1. The highest BCUT2D eigenvalue weighted by molar-refractivity contribution is 7.86. The molecule has 1 saturated heterocycles. The van der Waals surface area contributed by atoms with E-state index < -0.39 is 28.2 Å². The zero-order valence-electron chi connectivity index (χ0n) is 12.1. The lowest BCUT2D eigenvalue weighted by Gasteiger charge is -2.37. The second-order valence-electron chi connectivity index (χ2n) is 5.87. The monoisotopic (exact) mass is 343 g/mol. The first kappa shape index (κ1) is 17.5. The molecular formula is C12H20F3N3O3S. The second kappa shape index (κ2) is 6.32. The van der Waals surface area contributed by atoms with Crippen LogP contribution in [-0.2, 0) is 15.0 Å². The van der Waals surface area contributed by atoms with Gasteiger partial charge in [-0.05, 0) is 19.3 Å². The molecule has 22 heavy (non-hydrogen) atoms. The van der Waals surface area contributed by atoms with Gasteiger partial charge in [-0.25, -0.2) is 5.14 Å². The Morgan fingerprint density at radius 1 is 1.09 bits per heavy atom. The summed E-state index contributed by atoms with van der Waals surface area (Å²) in [5.74, 6) is -2.34. The fourth-order valence-corrected chi connectivity index (χ4v) is 3.80. The summed E-state index contributed by atoms with van der Waals surface area (Å²) in [4.78, 5) is 13.8. The van der Waals surface area contributed by atoms with Crippen molar-refractivity contribution >= 4 is 16.1 Å². The molecule has 10 heteroatoms. The number of piperazine rings is 1. The Morgan fingerprint density at radius 3 is 2.18 bits per heavy atom. The zero-order valence-corrected chi connectivity index (χ0v) is 12.9. The lowest BCUT2D eigenvalue weighted by Crippen LogP contribution is -2.53. The van der Waals surface area contributed by atoms with Crippen LogP contribution in [-0.4, -0.2) is 55.9 Å². The molecule has 6 nitrogen and oxygen atoms in total. The van der Waals surface area contributed by atoms with Gasteiger partial charge in [-0.3, -0.25) is 4.79 Å². The number of halogens is 3. The average Bonchev–Trinajstić information content (AvgIpc) is 2.45. The smallest absolute Gasteiger partial charge is 0.340 e. The van der Waals surface area contributed by atoms with Crippen LogP contribution in [0, 0.1) is 11.8 Å². The third kappa shape index (κ3) is 4.11. The highest BCUT2D eigenvalue weighted by Gasteiger charge is 2.44. The molecule has 0 aromatic heterocycles. The van der Waals surface area contributed by atoms with Crippen LogP contribution in [0.5, 0.6) is 0 Å². The van der Waals surface area contributed by atoms with Crippen LogP contribution in [0.1, 0.15) is 25.7 Å². The number of amides is 1. The molecule has 1 aliphatic carbocycles. The number of nitrogens with zero attached hydrogens (tertiary/aromatic N) is 2. The number of hydrogen-bond donors (Lipinski definition) is 1. The van der Waals surface area contributed by atoms with Crippen molar-refractivity contribution in [1.29, 1.82) is 0 Å². The standard InChI is InChI=1S/C12H20F3N3O3S/c13-12(14,15)10-3-1-2-9(8-10)11(19)17-4-6-18(7-5-17)22(16,20)21/h9-10H,1-8H2,(H2,16,20,21)/t9-,10-/m0/s1. The van der Waals surface area contributed by atoms with Gasteiger partial charge in [-0.15, -0.1) is 0 Å². The summed E-state index contributed by atoms with van der Waals surface area (Å²) in [7, 11) is -3.78. The van der Waals surface area contributed by atoms with Crippen molar-refractivity contribution in [2.24, 2.45) is 17.0 Å². The molecule has 0 spiro atoms. The highest BCUT2D eigenvalue weighted by Crippen LogP contribution is 2.40. The van der Waals surface area contributed by atoms with Gasteiger partial charge in [0.05, 0.1) is 5.92 Å². The first-order valence-corrected chi connectivity index (χ1v) is 8.72. The largest absolute Gasteiger partial charge is 0.391 e. The molecule has 0 aromatic rings. The van der Waals surface area contributed by atoms with Gasteiger partial charge >= 0.3 is 6.18 Å². The number of carbonyl (C=O) groups is 1. The van der Waals surface area contributed by atoms with Crippen molar-refractivity contribution in [3.63, 3.8) is 0 Å². The van der Waals surface area contributed by atoms with E-state index in [1.54, 1.807) is 0 Å². The minimum Gasteiger partial charge on any atom is -0.340 e. The number of rotatable bonds is 2. The molecule has 2 N–H and O–H groups in total. The van der Waals surface area contributed by atoms with Crippen LogP contribution in [0.4, 0.5) is 13.2 Å². The predicted octanol–water partition coefficient (Wildman–Crippen LogP) is 0.703. The van der Waals surface area contributed by atoms with Gasteiger partial charge in [0.2, 0.25) is 5.91 Å². The van der Waals surface area contributed by atoms with Gasteiger partial charge in [-0.2, -0.15) is 25.9 Å². The Morgan fingerprint density at radius 2 is 1.68 bits per heavy atom. The van der Waals surface area contributed by atoms with Crippen molar-refractivity contribution in [3.05, 3.63) is 0 Å². The SMILES string of the molecule is NS(=O)(=O)N1CCN(C(=O)[C@H]2CCC[C@H](C(F)(F)F)C2)CC1. The number of nitrogens with two attached hydrogens (primary N) is 1. The van der Waals surface area contributed by atoms with Crippen molar-refractivity contribution in [3.8, 4) is 0 Å². The first-order chi connectivity index (χ1) is 10.1. The third-order valence-electron chi connectivity index (χ3n) is 4.40. The van der Waals surface area contributed by atoms with Crippen molar-refractivity contribution < 1.29 is 26.4 Å². The molecule has 0 radical (unpaired) electrons. The summed E-state index contributed by atoms with van der Waals surface area (Å²) in [6.45, 7) is 0.505. The Bertz CT molecular complexity index is 515. The van der Waals surface area contributed by atoms with E-state index in [2.05, 4.69) is 0 Å². The molecule has 2 fully saturated rings. The fraction of sp³-hybridized carbons (Fsp3) is 0.917. The topological polar surface area (TPSA) is 83.7 Å². The highest BCUT2D eigenvalue weighted by atomic mass is 32.2. The average molecular weight is 343 g/mol. The molecule has 2 atom stereocenters. The van der Waals surface area contributed by atoms with E-state index in [0.29, 0.717) is 12.8 Å². The summed E-state index contributed by atoms with van der Waals surface area (Å²) < 4.78 is 61.8. The van der Waals surface area contributed by atoms with Crippen LogP contribution in [0.25, 0.3) is 0 Å². The molecule has 0 aromatic carbocycles. The van der Waals surface area contributed by atoms with E-state index in [4.69, 9.17) is 5.14 Å². The van der Waals surface area contributed by atoms with Crippen LogP contribution >= 0.6 is 0 Å². The number of alkyl halides is 3. The summed E-state index contributed by atoms with van der Waals surface area (Å²) >= 11 is 0. The molecule has 1 heterocycles. The van der Waals surface area contributed by atoms with Gasteiger partial charge in [-0.1, -0.05) is 6.42 Å². The minimum atomic E-state index is -4.26. The van der Waals surface area contributed by atoms with Crippen molar-refractivity contribution in [2.45, 2.75) is 31.9 Å². The van der Waals surface area contributed by atoms with Gasteiger partial charge in [0.15, 0.2) is 0 Å². The van der Waals surface area contributed by atoms with E-state index in [1.165, 1.54) is 4.90 Å². The maximum atomic E-state index is 12.8. The minimum absolute atomic E-state index is 0.0759. The quantitative estimate of drug-likeness (QED) is 0.801. The van der Waals surface area contributed by atoms with Gasteiger partial charge < -0.3 is 4.90 Å². The first-order valence-electron chi connectivity index (χ1n) is 7.22. The second-order valence-corrected chi connectivity index (χ2v) is 7.42. The Labute approximate surface area is 127 Å². The summed E-state index contributed by atoms with van der Waals surface area (Å²) in [6.07, 6.45) is -3.51. The van der Waals surface area contributed by atoms with Crippen LogP contribution in [0.3, 0.4) is 0 Å². The van der Waals surface area contributed by atoms with E-state index in [9.17, 15) is 26.4 Å². The van der Waals surface area contributed by atoms with E-state index in [1.807, 2.05) is 0 Å². The Kier molecular flexibility index (Phi) is 5.03. The summed E-state index contributed by atoms with van der Waals surface area (Å²) in [5.41, 5.74) is 0. The van der Waals surface area contributed by atoms with Crippen LogP contribution in [0.2, 0.25) is 0 Å². The number of hydrogen-bond acceptors (Lipinski definition) is 3. The van der Waals surface area contributed by atoms with E-state index >= 15 is 0 Å². The molecule has 0 unspecified atom stereocenters. The predicted molar refractivity (Wildman–Crippen MR) is 72.8 cm³/mol. The summed E-state index contributed by atoms with van der Waals surface area (Å²) in [5, 5.41) is 5.01. The van der Waals surface area contributed by atoms with Crippen molar-refractivity contribution in [2.75, 3.05) is 26.2 Å². The fourth-order valence-electron chi connectivity index (χ4n) is 3.13. The normalized spacial score (nSPS) is 28.6. The van der Waals surface area contributed by atoms with E-state index in [-0.39, 0.29) is 44.9 Å². The Hall–Kier alpha value is -0.870. The van der Waals surface area contributed by atoms with Gasteiger partial charge in [0.25, 0.3) is 10.2 Å². The maximum Gasteiger partial charge on any atom is 0.391 e. The van der Waals surface area contributed by atoms with E-state index in [0.717, 1.165) is 4.31 Å². The molecule has 0 bridgehead atoms. The molecule has 128 valence electrons. The van der Waals surface area contributed by atoms with Crippen LogP contribution in [0.15, 0.2) is 0 Å². The molecule has 1 saturated carbocycles. The lowest BCUT2D eigenvalue weighted by molar-refractivity contribution is -0.187. The molecule has 2 rings (SSSR count). The molecule has 1 aliphatic heterocycles. The molecular weight excluding hydrogens is 323 g/mol. The lowest BCUT2D eigenvalue weighted by atomic mass is 9.80. The van der Waals surface area contributed by atoms with Gasteiger partial charge in [0.1, 0.15) is 0 Å².